The molecule has 200 valence electrons. The SMILES string of the molecule is COc1ccc2c(c1)O[C@H](COC[C@H](O)CO)C[C@@H]2NC(=O)C1(C)COc2cc3c(cc21)OC(F)(F)O3. The van der Waals surface area contributed by atoms with Gasteiger partial charge in [0.15, 0.2) is 11.5 Å². The number of halogens is 2. The first-order valence-corrected chi connectivity index (χ1v) is 11.7. The summed E-state index contributed by atoms with van der Waals surface area (Å²) in [5.74, 6) is 0.642. The number of ether oxygens (including phenoxy) is 6. The number of aliphatic hydroxyl groups excluding tert-OH is 2. The molecule has 1 unspecified atom stereocenters. The fourth-order valence-corrected chi connectivity index (χ4v) is 4.61. The van der Waals surface area contributed by atoms with Crippen molar-refractivity contribution in [2.45, 2.75) is 43.3 Å². The molecule has 0 saturated carbocycles. The lowest BCUT2D eigenvalue weighted by Crippen LogP contribution is -2.47. The standard InChI is InChI=1S/C25H27F2NO9/c1-24(12-34-20-8-22-21(7-17(20)24)36-25(26,27)37-22)23(31)28-18-5-15(11-33-10-13(30)9-29)35-19-6-14(32-2)3-4-16(18)19/h3-4,6-8,13,15,18,29-30H,5,9-12H2,1-2H3,(H,28,31)/t13-,15+,18+,24?/m1/s1. The number of alkyl halides is 2. The predicted octanol–water partition coefficient (Wildman–Crippen LogP) is 2.05. The second-order valence-electron chi connectivity index (χ2n) is 9.36. The van der Waals surface area contributed by atoms with Gasteiger partial charge in [0.2, 0.25) is 5.91 Å². The van der Waals surface area contributed by atoms with Crippen LogP contribution in [0.2, 0.25) is 0 Å². The smallest absolute Gasteiger partial charge is 0.497 e. The summed E-state index contributed by atoms with van der Waals surface area (Å²) in [6, 6.07) is 7.44. The zero-order valence-electron chi connectivity index (χ0n) is 20.2. The van der Waals surface area contributed by atoms with E-state index in [0.717, 1.165) is 5.56 Å². The van der Waals surface area contributed by atoms with Crippen molar-refractivity contribution in [3.8, 4) is 28.7 Å². The molecule has 10 nitrogen and oxygen atoms in total. The van der Waals surface area contributed by atoms with Crippen LogP contribution in [0.25, 0.3) is 0 Å². The number of benzene rings is 2. The molecule has 37 heavy (non-hydrogen) atoms. The lowest BCUT2D eigenvalue weighted by molar-refractivity contribution is -0.286. The van der Waals surface area contributed by atoms with E-state index in [9.17, 15) is 18.7 Å². The first-order valence-electron chi connectivity index (χ1n) is 11.7. The Morgan fingerprint density at radius 3 is 2.68 bits per heavy atom. The largest absolute Gasteiger partial charge is 0.586 e. The third-order valence-electron chi connectivity index (χ3n) is 6.63. The van der Waals surface area contributed by atoms with Crippen molar-refractivity contribution < 1.29 is 52.2 Å². The van der Waals surface area contributed by atoms with Gasteiger partial charge in [-0.15, -0.1) is 8.78 Å². The van der Waals surface area contributed by atoms with Crippen LogP contribution in [0.3, 0.4) is 0 Å². The molecule has 0 radical (unpaired) electrons. The van der Waals surface area contributed by atoms with Crippen molar-refractivity contribution in [3.05, 3.63) is 41.5 Å². The maximum Gasteiger partial charge on any atom is 0.586 e. The summed E-state index contributed by atoms with van der Waals surface area (Å²) >= 11 is 0. The van der Waals surface area contributed by atoms with Crippen LogP contribution in [-0.4, -0.2) is 68.2 Å². The van der Waals surface area contributed by atoms with Gasteiger partial charge in [-0.05, 0) is 25.1 Å². The summed E-state index contributed by atoms with van der Waals surface area (Å²) in [6.07, 6.45) is -4.90. The fourth-order valence-electron chi connectivity index (χ4n) is 4.61. The highest BCUT2D eigenvalue weighted by Gasteiger charge is 2.49. The molecule has 0 spiro atoms. The molecule has 12 heteroatoms. The Kier molecular flexibility index (Phi) is 6.50. The van der Waals surface area contributed by atoms with E-state index >= 15 is 0 Å². The van der Waals surface area contributed by atoms with Crippen molar-refractivity contribution in [3.63, 3.8) is 0 Å². The number of hydrogen-bond acceptors (Lipinski definition) is 9. The van der Waals surface area contributed by atoms with Crippen LogP contribution in [0.1, 0.15) is 30.5 Å². The molecule has 0 bridgehead atoms. The molecule has 0 aromatic heterocycles. The van der Waals surface area contributed by atoms with Gasteiger partial charge in [0, 0.05) is 29.7 Å². The first kappa shape index (κ1) is 25.3. The quantitative estimate of drug-likeness (QED) is 0.477. The fraction of sp³-hybridized carbons (Fsp3) is 0.480. The van der Waals surface area contributed by atoms with Crippen molar-refractivity contribution in [1.29, 1.82) is 0 Å². The van der Waals surface area contributed by atoms with Gasteiger partial charge in [-0.25, -0.2) is 0 Å². The van der Waals surface area contributed by atoms with Gasteiger partial charge in [0.05, 0.1) is 33.0 Å². The molecule has 0 fully saturated rings. The molecule has 4 atom stereocenters. The number of fused-ring (bicyclic) bond motifs is 3. The molecule has 0 saturated heterocycles. The molecule has 2 aromatic rings. The minimum absolute atomic E-state index is 0.00225. The Balaban J connectivity index is 1.37. The number of carbonyl (C=O) groups excluding carboxylic acids is 1. The van der Waals surface area contributed by atoms with Crippen LogP contribution >= 0.6 is 0 Å². The molecule has 3 aliphatic rings. The summed E-state index contributed by atoms with van der Waals surface area (Å²) in [5, 5.41) is 21.6. The van der Waals surface area contributed by atoms with Gasteiger partial charge in [-0.3, -0.25) is 4.79 Å². The van der Waals surface area contributed by atoms with Crippen molar-refractivity contribution in [2.24, 2.45) is 0 Å². The summed E-state index contributed by atoms with van der Waals surface area (Å²) in [6.45, 7) is 1.28. The molecule has 5 rings (SSSR count). The van der Waals surface area contributed by atoms with E-state index < -0.39 is 36.6 Å². The van der Waals surface area contributed by atoms with Crippen LogP contribution in [0.5, 0.6) is 28.7 Å². The van der Waals surface area contributed by atoms with E-state index in [1.807, 2.05) is 0 Å². The average Bonchev–Trinajstić information content (AvgIpc) is 3.36. The van der Waals surface area contributed by atoms with Crippen molar-refractivity contribution in [1.82, 2.24) is 5.32 Å². The highest BCUT2D eigenvalue weighted by Crippen LogP contribution is 2.50. The van der Waals surface area contributed by atoms with E-state index in [-0.39, 0.29) is 43.0 Å². The highest BCUT2D eigenvalue weighted by atomic mass is 19.3. The number of carbonyl (C=O) groups is 1. The number of aliphatic hydroxyl groups is 2. The Bertz CT molecular complexity index is 1190. The van der Waals surface area contributed by atoms with Crippen molar-refractivity contribution >= 4 is 5.91 Å². The number of hydrogen-bond donors (Lipinski definition) is 3. The minimum Gasteiger partial charge on any atom is -0.497 e. The summed E-state index contributed by atoms with van der Waals surface area (Å²) in [4.78, 5) is 13.6. The van der Waals surface area contributed by atoms with E-state index in [0.29, 0.717) is 23.5 Å². The number of nitrogens with one attached hydrogen (secondary N) is 1. The average molecular weight is 523 g/mol. The van der Waals surface area contributed by atoms with Crippen LogP contribution in [0.4, 0.5) is 8.78 Å². The van der Waals surface area contributed by atoms with Gasteiger partial charge in [-0.1, -0.05) is 0 Å². The molecular weight excluding hydrogens is 496 g/mol. The Hall–Kier alpha value is -3.35. The molecule has 0 aliphatic carbocycles. The van der Waals surface area contributed by atoms with Crippen molar-refractivity contribution in [2.75, 3.05) is 33.5 Å². The van der Waals surface area contributed by atoms with E-state index in [2.05, 4.69) is 14.8 Å². The van der Waals surface area contributed by atoms with E-state index in [4.69, 9.17) is 24.1 Å². The molecule has 1 amide bonds. The monoisotopic (exact) mass is 523 g/mol. The Morgan fingerprint density at radius 2 is 1.95 bits per heavy atom. The van der Waals surface area contributed by atoms with Crippen LogP contribution < -0.4 is 29.0 Å². The Morgan fingerprint density at radius 1 is 1.19 bits per heavy atom. The summed E-state index contributed by atoms with van der Waals surface area (Å²) < 4.78 is 58.7. The Labute approximate surface area is 211 Å². The van der Waals surface area contributed by atoms with Gasteiger partial charge in [0.25, 0.3) is 0 Å². The van der Waals surface area contributed by atoms with E-state index in [1.54, 1.807) is 25.1 Å². The third-order valence-corrected chi connectivity index (χ3v) is 6.63. The topological polar surface area (TPSA) is 125 Å². The summed E-state index contributed by atoms with van der Waals surface area (Å²) in [7, 11) is 1.53. The van der Waals surface area contributed by atoms with Crippen LogP contribution in [0, 0.1) is 0 Å². The summed E-state index contributed by atoms with van der Waals surface area (Å²) in [5.41, 5.74) is -0.0490. The first-order chi connectivity index (χ1) is 17.6. The molecular formula is C25H27F2NO9. The minimum atomic E-state index is -3.78. The lowest BCUT2D eigenvalue weighted by Gasteiger charge is -2.34. The van der Waals surface area contributed by atoms with E-state index in [1.165, 1.54) is 19.2 Å². The maximum absolute atomic E-state index is 13.6. The van der Waals surface area contributed by atoms with Gasteiger partial charge in [0.1, 0.15) is 41.5 Å². The van der Waals surface area contributed by atoms with Crippen LogP contribution in [-0.2, 0) is 14.9 Å². The predicted molar refractivity (Wildman–Crippen MR) is 122 cm³/mol. The maximum atomic E-state index is 13.6. The molecule has 3 heterocycles. The molecule has 3 aliphatic heterocycles. The zero-order valence-corrected chi connectivity index (χ0v) is 20.2. The van der Waals surface area contributed by atoms with Gasteiger partial charge < -0.3 is 44.0 Å². The number of methoxy groups -OCH3 is 1. The number of amides is 1. The molecule has 3 N–H and O–H groups in total. The second-order valence-corrected chi connectivity index (χ2v) is 9.36. The van der Waals surface area contributed by atoms with Gasteiger partial charge >= 0.3 is 6.29 Å². The van der Waals surface area contributed by atoms with Gasteiger partial charge in [-0.2, -0.15) is 0 Å². The lowest BCUT2D eigenvalue weighted by atomic mass is 9.82. The third kappa shape index (κ3) is 4.83. The van der Waals surface area contributed by atoms with Crippen LogP contribution in [0.15, 0.2) is 30.3 Å². The zero-order chi connectivity index (χ0) is 26.4. The highest BCUT2D eigenvalue weighted by molar-refractivity contribution is 5.90. The normalized spacial score (nSPS) is 25.4. The number of rotatable bonds is 8. The molecule has 2 aromatic carbocycles. The second kappa shape index (κ2) is 9.51.